The number of nitrogens with zero attached hydrogens (tertiary/aromatic N) is 1. The highest BCUT2D eigenvalue weighted by atomic mass is 16.1. The molecule has 2 aromatic heterocycles. The van der Waals surface area contributed by atoms with Crippen molar-refractivity contribution in [2.24, 2.45) is 0 Å². The largest absolute Gasteiger partial charge is 0.322 e. The van der Waals surface area contributed by atoms with Crippen molar-refractivity contribution in [2.45, 2.75) is 6.92 Å². The van der Waals surface area contributed by atoms with Crippen LogP contribution in [-0.4, -0.2) is 9.97 Å². The zero-order valence-electron chi connectivity index (χ0n) is 9.97. The molecular formula is C15H12N2O. The van der Waals surface area contributed by atoms with E-state index in [4.69, 9.17) is 0 Å². The quantitative estimate of drug-likeness (QED) is 0.706. The minimum absolute atomic E-state index is 0.103. The van der Waals surface area contributed by atoms with Crippen molar-refractivity contribution >= 4 is 10.9 Å². The van der Waals surface area contributed by atoms with E-state index < -0.39 is 0 Å². The second-order valence-electron chi connectivity index (χ2n) is 4.31. The Hall–Kier alpha value is -2.42. The van der Waals surface area contributed by atoms with Gasteiger partial charge in [0.2, 0.25) is 5.56 Å². The molecule has 0 fully saturated rings. The third-order valence-electron chi connectivity index (χ3n) is 2.94. The molecule has 0 radical (unpaired) electrons. The third kappa shape index (κ3) is 1.80. The highest BCUT2D eigenvalue weighted by Crippen LogP contribution is 2.24. The van der Waals surface area contributed by atoms with E-state index >= 15 is 0 Å². The van der Waals surface area contributed by atoms with Gasteiger partial charge in [-0.15, -0.1) is 0 Å². The molecule has 1 aromatic carbocycles. The summed E-state index contributed by atoms with van der Waals surface area (Å²) in [5.41, 5.74) is 3.56. The van der Waals surface area contributed by atoms with Crippen molar-refractivity contribution in [1.82, 2.24) is 9.97 Å². The lowest BCUT2D eigenvalue weighted by molar-refractivity contribution is 1.28. The normalized spacial score (nSPS) is 10.7. The molecule has 0 spiro atoms. The van der Waals surface area contributed by atoms with Crippen LogP contribution in [0.15, 0.2) is 53.5 Å². The van der Waals surface area contributed by atoms with E-state index in [9.17, 15) is 4.79 Å². The molecule has 0 unspecified atom stereocenters. The third-order valence-corrected chi connectivity index (χ3v) is 2.94. The maximum atomic E-state index is 11.7. The van der Waals surface area contributed by atoms with Crippen LogP contribution in [0.5, 0.6) is 0 Å². The second-order valence-corrected chi connectivity index (χ2v) is 4.31. The molecule has 0 saturated carbocycles. The molecule has 0 aliphatic carbocycles. The predicted octanol–water partition coefficient (Wildman–Crippen LogP) is 2.90. The fraction of sp³-hybridized carbons (Fsp3) is 0.0667. The topological polar surface area (TPSA) is 45.8 Å². The molecule has 18 heavy (non-hydrogen) atoms. The molecule has 0 saturated heterocycles. The molecule has 88 valence electrons. The van der Waals surface area contributed by atoms with Gasteiger partial charge in [0.15, 0.2) is 0 Å². The Bertz CT molecular complexity index is 760. The van der Waals surface area contributed by atoms with Gasteiger partial charge >= 0.3 is 0 Å². The van der Waals surface area contributed by atoms with Crippen LogP contribution in [0.2, 0.25) is 0 Å². The van der Waals surface area contributed by atoms with Crippen LogP contribution >= 0.6 is 0 Å². The summed E-state index contributed by atoms with van der Waals surface area (Å²) in [7, 11) is 0. The summed E-state index contributed by atoms with van der Waals surface area (Å²) in [6.07, 6.45) is 1.73. The van der Waals surface area contributed by atoms with Crippen LogP contribution in [0.25, 0.3) is 22.2 Å². The fourth-order valence-corrected chi connectivity index (χ4v) is 2.11. The number of aromatic nitrogens is 2. The molecular weight excluding hydrogens is 224 g/mol. The van der Waals surface area contributed by atoms with Gasteiger partial charge in [0.25, 0.3) is 0 Å². The highest BCUT2D eigenvalue weighted by molar-refractivity contribution is 5.93. The van der Waals surface area contributed by atoms with Crippen LogP contribution in [0.3, 0.4) is 0 Å². The van der Waals surface area contributed by atoms with E-state index in [-0.39, 0.29) is 5.56 Å². The average molecular weight is 236 g/mol. The number of fused-ring (bicyclic) bond motifs is 1. The second kappa shape index (κ2) is 4.11. The summed E-state index contributed by atoms with van der Waals surface area (Å²) < 4.78 is 0. The number of nitrogens with one attached hydrogen (secondary N) is 1. The first-order valence-corrected chi connectivity index (χ1v) is 5.79. The number of aryl methyl sites for hydroxylation is 1. The van der Waals surface area contributed by atoms with Crippen LogP contribution in [0.1, 0.15) is 5.56 Å². The number of benzene rings is 1. The average Bonchev–Trinajstić information content (AvgIpc) is 2.38. The van der Waals surface area contributed by atoms with E-state index in [2.05, 4.69) is 9.97 Å². The molecule has 3 heteroatoms. The molecule has 2 heterocycles. The molecule has 0 aliphatic rings. The predicted molar refractivity (Wildman–Crippen MR) is 72.5 cm³/mol. The Morgan fingerprint density at radius 3 is 2.78 bits per heavy atom. The van der Waals surface area contributed by atoms with Gasteiger partial charge < -0.3 is 4.98 Å². The van der Waals surface area contributed by atoms with Gasteiger partial charge in [0, 0.05) is 28.7 Å². The minimum Gasteiger partial charge on any atom is -0.322 e. The summed E-state index contributed by atoms with van der Waals surface area (Å²) in [5, 5.41) is 1.01. The fourth-order valence-electron chi connectivity index (χ4n) is 2.11. The van der Waals surface area contributed by atoms with Crippen LogP contribution < -0.4 is 5.56 Å². The molecule has 0 aliphatic heterocycles. The Morgan fingerprint density at radius 2 is 2.00 bits per heavy atom. The van der Waals surface area contributed by atoms with E-state index in [0.29, 0.717) is 0 Å². The van der Waals surface area contributed by atoms with E-state index in [1.54, 1.807) is 12.3 Å². The summed E-state index contributed by atoms with van der Waals surface area (Å²) >= 11 is 0. The van der Waals surface area contributed by atoms with Crippen molar-refractivity contribution in [3.8, 4) is 11.3 Å². The Morgan fingerprint density at radius 1 is 1.11 bits per heavy atom. The number of rotatable bonds is 1. The highest BCUT2D eigenvalue weighted by Gasteiger charge is 2.06. The van der Waals surface area contributed by atoms with Gasteiger partial charge in [-0.3, -0.25) is 9.78 Å². The molecule has 0 atom stereocenters. The van der Waals surface area contributed by atoms with E-state index in [1.165, 1.54) is 0 Å². The van der Waals surface area contributed by atoms with Crippen molar-refractivity contribution in [1.29, 1.82) is 0 Å². The smallest absolute Gasteiger partial charge is 0.249 e. The zero-order chi connectivity index (χ0) is 12.5. The van der Waals surface area contributed by atoms with Crippen molar-refractivity contribution in [3.63, 3.8) is 0 Å². The first kappa shape index (κ1) is 10.7. The first-order chi connectivity index (χ1) is 8.74. The number of pyridine rings is 2. The first-order valence-electron chi connectivity index (χ1n) is 5.79. The molecule has 3 rings (SSSR count). The lowest BCUT2D eigenvalue weighted by Crippen LogP contribution is -2.05. The maximum Gasteiger partial charge on any atom is 0.249 e. The Kier molecular flexibility index (Phi) is 2.45. The van der Waals surface area contributed by atoms with Crippen molar-refractivity contribution < 1.29 is 0 Å². The van der Waals surface area contributed by atoms with Gasteiger partial charge in [0.1, 0.15) is 0 Å². The molecule has 3 nitrogen and oxygen atoms in total. The summed E-state index contributed by atoms with van der Waals surface area (Å²) in [5.74, 6) is 0. The van der Waals surface area contributed by atoms with Crippen molar-refractivity contribution in [2.75, 3.05) is 0 Å². The Balaban J connectivity index is 2.39. The summed E-state index contributed by atoms with van der Waals surface area (Å²) in [6.45, 7) is 2.01. The number of hydrogen-bond donors (Lipinski definition) is 1. The van der Waals surface area contributed by atoms with Crippen LogP contribution in [0, 0.1) is 6.92 Å². The molecule has 1 N–H and O–H groups in total. The SMILES string of the molecule is Cc1ccc2c(-c3ccccn3)cc(=O)[nH]c2c1. The lowest BCUT2D eigenvalue weighted by atomic mass is 10.0. The lowest BCUT2D eigenvalue weighted by Gasteiger charge is -2.06. The zero-order valence-corrected chi connectivity index (χ0v) is 9.97. The number of H-pyrrole nitrogens is 1. The van der Waals surface area contributed by atoms with Gasteiger partial charge in [-0.25, -0.2) is 0 Å². The molecule has 3 aromatic rings. The van der Waals surface area contributed by atoms with E-state index in [0.717, 1.165) is 27.7 Å². The Labute approximate surface area is 104 Å². The minimum atomic E-state index is -0.103. The number of hydrogen-bond acceptors (Lipinski definition) is 2. The monoisotopic (exact) mass is 236 g/mol. The maximum absolute atomic E-state index is 11.7. The number of aromatic amines is 1. The molecule has 0 amide bonds. The van der Waals surface area contributed by atoms with Gasteiger partial charge in [-0.2, -0.15) is 0 Å². The van der Waals surface area contributed by atoms with E-state index in [1.807, 2.05) is 43.3 Å². The van der Waals surface area contributed by atoms with Crippen LogP contribution in [0.4, 0.5) is 0 Å². The van der Waals surface area contributed by atoms with Crippen molar-refractivity contribution in [3.05, 3.63) is 64.6 Å². The van der Waals surface area contributed by atoms with Crippen LogP contribution in [-0.2, 0) is 0 Å². The molecule has 0 bridgehead atoms. The standard InChI is InChI=1S/C15H12N2O/c1-10-5-6-11-12(13-4-2-3-7-16-13)9-15(18)17-14(11)8-10/h2-9H,1H3,(H,17,18). The van der Waals surface area contributed by atoms with Gasteiger partial charge in [-0.05, 0) is 30.7 Å². The van der Waals surface area contributed by atoms with Gasteiger partial charge in [-0.1, -0.05) is 18.2 Å². The summed E-state index contributed by atoms with van der Waals surface area (Å²) in [4.78, 5) is 18.9. The summed E-state index contributed by atoms with van der Waals surface area (Å²) in [6, 6.07) is 13.3. The van der Waals surface area contributed by atoms with Gasteiger partial charge in [0.05, 0.1) is 5.69 Å².